The second kappa shape index (κ2) is 10.8. The second-order valence-electron chi connectivity index (χ2n) is 6.59. The van der Waals surface area contributed by atoms with E-state index >= 15 is 0 Å². The van der Waals surface area contributed by atoms with Crippen LogP contribution in [0.25, 0.3) is 12.2 Å². The number of thiocarbonyl (C=S) groups is 1. The number of nitro groups is 1. The van der Waals surface area contributed by atoms with Crippen LogP contribution in [0.3, 0.4) is 0 Å². The predicted molar refractivity (Wildman–Crippen MR) is 125 cm³/mol. The molecule has 2 aromatic rings. The monoisotopic (exact) mass is 490 g/mol. The second-order valence-corrected chi connectivity index (χ2v) is 8.27. The Balaban J connectivity index is 1.68. The fourth-order valence-electron chi connectivity index (χ4n) is 2.81. The fourth-order valence-corrected chi connectivity index (χ4v) is 4.12. The third-order valence-corrected chi connectivity index (χ3v) is 5.73. The van der Waals surface area contributed by atoms with E-state index in [0.29, 0.717) is 32.7 Å². The lowest BCUT2D eigenvalue weighted by Crippen LogP contribution is -2.29. The average molecular weight is 491 g/mol. The van der Waals surface area contributed by atoms with Gasteiger partial charge >= 0.3 is 11.9 Å². The van der Waals surface area contributed by atoms with Crippen molar-refractivity contribution in [2.45, 2.75) is 12.8 Å². The van der Waals surface area contributed by atoms with E-state index in [4.69, 9.17) is 31.2 Å². The topological polar surface area (TPSA) is 132 Å². The summed E-state index contributed by atoms with van der Waals surface area (Å²) >= 11 is 6.39. The molecule has 0 saturated carbocycles. The van der Waals surface area contributed by atoms with Crippen molar-refractivity contribution in [3.8, 4) is 11.5 Å². The number of benzene rings is 1. The van der Waals surface area contributed by atoms with E-state index in [1.54, 1.807) is 24.3 Å². The Morgan fingerprint density at radius 2 is 2.12 bits per heavy atom. The Morgan fingerprint density at radius 1 is 1.33 bits per heavy atom. The van der Waals surface area contributed by atoms with Gasteiger partial charge < -0.3 is 19.0 Å². The molecule has 2 heterocycles. The summed E-state index contributed by atoms with van der Waals surface area (Å²) in [5, 5.41) is 19.4. The zero-order valence-corrected chi connectivity index (χ0v) is 18.9. The van der Waals surface area contributed by atoms with Crippen LogP contribution in [0.15, 0.2) is 45.9 Å². The minimum atomic E-state index is -0.925. The van der Waals surface area contributed by atoms with Crippen LogP contribution in [0, 0.1) is 10.1 Å². The van der Waals surface area contributed by atoms with E-state index in [-0.39, 0.29) is 30.5 Å². The molecule has 172 valence electrons. The van der Waals surface area contributed by atoms with Crippen molar-refractivity contribution in [3.05, 3.63) is 62.9 Å². The van der Waals surface area contributed by atoms with Crippen LogP contribution in [0.2, 0.25) is 0 Å². The smallest absolute Gasteiger partial charge is 0.433 e. The van der Waals surface area contributed by atoms with Gasteiger partial charge in [-0.3, -0.25) is 24.6 Å². The van der Waals surface area contributed by atoms with Gasteiger partial charge in [-0.05, 0) is 36.3 Å². The van der Waals surface area contributed by atoms with Crippen molar-refractivity contribution in [3.63, 3.8) is 0 Å². The van der Waals surface area contributed by atoms with Crippen molar-refractivity contribution in [2.24, 2.45) is 0 Å². The van der Waals surface area contributed by atoms with Crippen LogP contribution in [0.1, 0.15) is 24.2 Å². The normalized spacial score (nSPS) is 14.9. The number of hydrogen-bond donors (Lipinski definition) is 1. The van der Waals surface area contributed by atoms with Crippen LogP contribution in [-0.2, 0) is 9.59 Å². The summed E-state index contributed by atoms with van der Waals surface area (Å²) in [5.74, 6) is -0.536. The van der Waals surface area contributed by atoms with Gasteiger partial charge in [0.05, 0.1) is 24.3 Å². The van der Waals surface area contributed by atoms with Gasteiger partial charge in [-0.2, -0.15) is 0 Å². The Morgan fingerprint density at radius 3 is 2.79 bits per heavy atom. The molecule has 12 heteroatoms. The number of aliphatic carboxylic acids is 1. The highest BCUT2D eigenvalue weighted by molar-refractivity contribution is 8.26. The number of rotatable bonds is 10. The van der Waals surface area contributed by atoms with E-state index in [9.17, 15) is 19.7 Å². The standard InChI is InChI=1S/C21H18N2O8S2/c1-29-16-11-13(12-17-20(26)22(21(32)33-17)9-2-3-19(24)25)4-6-15(16)30-10-8-14-5-7-18(31-14)23(27)28/h4-8,10-12H,2-3,9H2,1H3,(H,24,25). The molecule has 0 unspecified atom stereocenters. The number of thioether (sulfide) groups is 1. The van der Waals surface area contributed by atoms with Crippen LogP contribution >= 0.6 is 24.0 Å². The lowest BCUT2D eigenvalue weighted by Gasteiger charge is -2.13. The first-order valence-electron chi connectivity index (χ1n) is 9.51. The third-order valence-electron chi connectivity index (χ3n) is 4.35. The van der Waals surface area contributed by atoms with Gasteiger partial charge in [0.15, 0.2) is 11.5 Å². The van der Waals surface area contributed by atoms with Gasteiger partial charge in [-0.1, -0.05) is 30.0 Å². The Labute approximate surface area is 197 Å². The van der Waals surface area contributed by atoms with Crippen LogP contribution in [0.5, 0.6) is 11.5 Å². The number of ether oxygens (including phenoxy) is 2. The predicted octanol–water partition coefficient (Wildman–Crippen LogP) is 4.31. The van der Waals surface area contributed by atoms with Crippen molar-refractivity contribution in [1.29, 1.82) is 0 Å². The number of carbonyl (C=O) groups is 2. The van der Waals surface area contributed by atoms with E-state index in [0.717, 1.165) is 11.8 Å². The van der Waals surface area contributed by atoms with E-state index < -0.39 is 10.9 Å². The first-order valence-corrected chi connectivity index (χ1v) is 10.7. The molecule has 1 aromatic heterocycles. The maximum absolute atomic E-state index is 12.6. The van der Waals surface area contributed by atoms with Gasteiger partial charge in [0.25, 0.3) is 5.91 Å². The summed E-state index contributed by atoms with van der Waals surface area (Å²) in [7, 11) is 1.47. The van der Waals surface area contributed by atoms with Gasteiger partial charge in [0.1, 0.15) is 15.0 Å². The largest absolute Gasteiger partial charge is 0.493 e. The average Bonchev–Trinajstić information content (AvgIpc) is 3.35. The number of methoxy groups -OCH3 is 1. The zero-order chi connectivity index (χ0) is 24.0. The number of nitrogens with zero attached hydrogens (tertiary/aromatic N) is 2. The fraction of sp³-hybridized carbons (Fsp3) is 0.190. The molecule has 0 bridgehead atoms. The molecule has 1 aromatic carbocycles. The Kier molecular flexibility index (Phi) is 7.85. The molecule has 0 radical (unpaired) electrons. The number of carboxylic acids is 1. The van der Waals surface area contributed by atoms with Crippen molar-refractivity contribution < 1.29 is 33.5 Å². The molecule has 0 atom stereocenters. The van der Waals surface area contributed by atoms with E-state index in [1.165, 1.54) is 36.5 Å². The summed E-state index contributed by atoms with van der Waals surface area (Å²) in [4.78, 5) is 35.1. The number of amides is 1. The van der Waals surface area contributed by atoms with Gasteiger partial charge in [-0.15, -0.1) is 0 Å². The molecule has 1 saturated heterocycles. The molecule has 1 aliphatic rings. The van der Waals surface area contributed by atoms with E-state index in [1.807, 2.05) is 0 Å². The molecular formula is C21H18N2O8S2. The summed E-state index contributed by atoms with van der Waals surface area (Å²) in [6, 6.07) is 7.73. The first-order chi connectivity index (χ1) is 15.8. The quantitative estimate of drug-likeness (QED) is 0.169. The molecular weight excluding hydrogens is 472 g/mol. The van der Waals surface area contributed by atoms with Crippen LogP contribution in [0.4, 0.5) is 5.88 Å². The Hall–Kier alpha value is -3.64. The molecule has 1 amide bonds. The van der Waals surface area contributed by atoms with Gasteiger partial charge in [-0.25, -0.2) is 0 Å². The highest BCUT2D eigenvalue weighted by atomic mass is 32.2. The summed E-state index contributed by atoms with van der Waals surface area (Å²) in [6.07, 6.45) is 4.67. The lowest BCUT2D eigenvalue weighted by molar-refractivity contribution is -0.402. The molecule has 0 aliphatic carbocycles. The molecule has 10 nitrogen and oxygen atoms in total. The molecule has 1 N–H and O–H groups in total. The number of furan rings is 1. The summed E-state index contributed by atoms with van der Waals surface area (Å²) in [5.41, 5.74) is 0.677. The molecule has 0 spiro atoms. The van der Waals surface area contributed by atoms with Crippen molar-refractivity contribution >= 4 is 58.2 Å². The molecule has 33 heavy (non-hydrogen) atoms. The van der Waals surface area contributed by atoms with Crippen LogP contribution < -0.4 is 9.47 Å². The summed E-state index contributed by atoms with van der Waals surface area (Å²) in [6.45, 7) is 0.246. The van der Waals surface area contributed by atoms with Crippen LogP contribution in [-0.4, -0.2) is 44.8 Å². The number of carboxylic acid groups (broad SMARTS) is 1. The van der Waals surface area contributed by atoms with Gasteiger partial charge in [0, 0.05) is 19.0 Å². The lowest BCUT2D eigenvalue weighted by atomic mass is 10.2. The zero-order valence-electron chi connectivity index (χ0n) is 17.3. The molecule has 1 fully saturated rings. The maximum atomic E-state index is 12.6. The molecule has 3 rings (SSSR count). The summed E-state index contributed by atoms with van der Waals surface area (Å²) < 4.78 is 16.3. The van der Waals surface area contributed by atoms with Crippen molar-refractivity contribution in [2.75, 3.05) is 13.7 Å². The molecule has 1 aliphatic heterocycles. The Bertz CT molecular complexity index is 1150. The highest BCUT2D eigenvalue weighted by Crippen LogP contribution is 2.35. The van der Waals surface area contributed by atoms with Gasteiger partial charge in [0.2, 0.25) is 0 Å². The van der Waals surface area contributed by atoms with Crippen molar-refractivity contribution in [1.82, 2.24) is 4.90 Å². The van der Waals surface area contributed by atoms with E-state index in [2.05, 4.69) is 0 Å². The third kappa shape index (κ3) is 6.20. The minimum Gasteiger partial charge on any atom is -0.493 e. The SMILES string of the molecule is COc1cc(C=C2SC(=S)N(CCCC(=O)O)C2=O)ccc1OC=Cc1ccc([N+](=O)[O-])o1. The number of hydrogen-bond acceptors (Lipinski definition) is 9. The first kappa shape index (κ1) is 24.0. The minimum absolute atomic E-state index is 0.0416. The number of carbonyl (C=O) groups excluding carboxylic acids is 1. The maximum Gasteiger partial charge on any atom is 0.433 e. The highest BCUT2D eigenvalue weighted by Gasteiger charge is 2.31.